The summed E-state index contributed by atoms with van der Waals surface area (Å²) in [7, 11) is 0. The summed E-state index contributed by atoms with van der Waals surface area (Å²) in [6.45, 7) is 1.44. The first-order valence-corrected chi connectivity index (χ1v) is 3.75. The van der Waals surface area contributed by atoms with Crippen LogP contribution in [-0.2, 0) is 9.59 Å². The number of rotatable bonds is 3. The molecule has 14 heavy (non-hydrogen) atoms. The predicted molar refractivity (Wildman–Crippen MR) is 46.1 cm³/mol. The van der Waals surface area contributed by atoms with E-state index in [2.05, 4.69) is 9.47 Å². The molecule has 1 N–H and O–H groups in total. The van der Waals surface area contributed by atoms with Gasteiger partial charge < -0.3 is 14.6 Å². The Hall–Kier alpha value is -2.04. The molecule has 5 nitrogen and oxygen atoms in total. The molecule has 0 saturated carbocycles. The van der Waals surface area contributed by atoms with E-state index >= 15 is 0 Å². The number of aromatic hydroxyl groups is 1. The minimum atomic E-state index is -0.566. The van der Waals surface area contributed by atoms with Crippen molar-refractivity contribution < 1.29 is 24.2 Å². The molecule has 0 spiro atoms. The fourth-order valence-corrected chi connectivity index (χ4v) is 0.860. The zero-order valence-corrected chi connectivity index (χ0v) is 7.39. The number of hydrogen-bond donors (Lipinski definition) is 1. The Bertz CT molecular complexity index is 358. The number of phenolic OH excluding ortho intramolecular Hbond substituents is 1. The zero-order valence-electron chi connectivity index (χ0n) is 7.39. The van der Waals surface area contributed by atoms with Crippen molar-refractivity contribution in [2.24, 2.45) is 0 Å². The molecule has 5 heteroatoms. The molecule has 1 aromatic carbocycles. The van der Waals surface area contributed by atoms with Gasteiger partial charge >= 0.3 is 5.97 Å². The number of benzene rings is 1. The van der Waals surface area contributed by atoms with Gasteiger partial charge in [0.05, 0.1) is 0 Å². The van der Waals surface area contributed by atoms with Gasteiger partial charge in [-0.3, -0.25) is 9.59 Å². The van der Waals surface area contributed by atoms with E-state index in [0.717, 1.165) is 0 Å². The number of carbonyl (C=O) groups excluding carboxylic acids is 2. The van der Waals surface area contributed by atoms with Gasteiger partial charge in [0.1, 0.15) is 5.75 Å². The monoisotopic (exact) mass is 196 g/mol. The SMILES string of the molecule is CC(=O)Oc1cc(OC=O)ccc1O. The third-order valence-electron chi connectivity index (χ3n) is 1.37. The Morgan fingerprint density at radius 3 is 2.79 bits per heavy atom. The summed E-state index contributed by atoms with van der Waals surface area (Å²) >= 11 is 0. The van der Waals surface area contributed by atoms with Crippen LogP contribution in [0.2, 0.25) is 0 Å². The Morgan fingerprint density at radius 2 is 2.21 bits per heavy atom. The van der Waals surface area contributed by atoms with Gasteiger partial charge in [-0.1, -0.05) is 0 Å². The van der Waals surface area contributed by atoms with Gasteiger partial charge in [-0.15, -0.1) is 0 Å². The number of ether oxygens (including phenoxy) is 2. The first-order chi connectivity index (χ1) is 6.63. The maximum Gasteiger partial charge on any atom is 0.308 e. The van der Waals surface area contributed by atoms with Crippen LogP contribution >= 0.6 is 0 Å². The lowest BCUT2D eigenvalue weighted by molar-refractivity contribution is -0.132. The van der Waals surface area contributed by atoms with Crippen molar-refractivity contribution in [2.75, 3.05) is 0 Å². The third-order valence-corrected chi connectivity index (χ3v) is 1.37. The minimum Gasteiger partial charge on any atom is -0.504 e. The summed E-state index contributed by atoms with van der Waals surface area (Å²) in [4.78, 5) is 20.6. The van der Waals surface area contributed by atoms with E-state index in [9.17, 15) is 14.7 Å². The zero-order chi connectivity index (χ0) is 10.6. The highest BCUT2D eigenvalue weighted by Gasteiger charge is 2.06. The molecule has 0 aliphatic heterocycles. The van der Waals surface area contributed by atoms with Gasteiger partial charge in [0.25, 0.3) is 6.47 Å². The van der Waals surface area contributed by atoms with Crippen LogP contribution in [-0.4, -0.2) is 17.5 Å². The number of hydrogen-bond acceptors (Lipinski definition) is 5. The second kappa shape index (κ2) is 4.27. The van der Waals surface area contributed by atoms with E-state index in [1.54, 1.807) is 0 Å². The molecule has 0 aromatic heterocycles. The second-order valence-electron chi connectivity index (χ2n) is 2.44. The standard InChI is InChI=1S/C9H8O5/c1-6(11)14-9-4-7(13-5-10)2-3-8(9)12/h2-5,12H,1H3. The summed E-state index contributed by atoms with van der Waals surface area (Å²) in [5, 5.41) is 9.23. The number of phenols is 1. The molecule has 0 aliphatic carbocycles. The average molecular weight is 196 g/mol. The van der Waals surface area contributed by atoms with Gasteiger partial charge in [0, 0.05) is 13.0 Å². The van der Waals surface area contributed by atoms with E-state index in [1.165, 1.54) is 25.1 Å². The molecule has 0 radical (unpaired) electrons. The molecule has 0 aliphatic rings. The van der Waals surface area contributed by atoms with E-state index in [-0.39, 0.29) is 23.7 Å². The van der Waals surface area contributed by atoms with Crippen LogP contribution in [0.3, 0.4) is 0 Å². The quantitative estimate of drug-likeness (QED) is 0.440. The van der Waals surface area contributed by atoms with Crippen LogP contribution in [0.1, 0.15) is 6.92 Å². The van der Waals surface area contributed by atoms with Crippen LogP contribution in [0, 0.1) is 0 Å². The smallest absolute Gasteiger partial charge is 0.308 e. The lowest BCUT2D eigenvalue weighted by Gasteiger charge is -2.05. The molecule has 1 aromatic rings. The Kier molecular flexibility index (Phi) is 3.06. The molecule has 0 heterocycles. The summed E-state index contributed by atoms with van der Waals surface area (Å²) in [5.74, 6) is -0.618. The Balaban J connectivity index is 2.95. The van der Waals surface area contributed by atoms with Crippen molar-refractivity contribution >= 4 is 12.4 Å². The van der Waals surface area contributed by atoms with Crippen molar-refractivity contribution in [1.82, 2.24) is 0 Å². The molecule has 0 amide bonds. The molecular weight excluding hydrogens is 188 g/mol. The molecule has 1 rings (SSSR count). The van der Waals surface area contributed by atoms with E-state index in [0.29, 0.717) is 0 Å². The highest BCUT2D eigenvalue weighted by molar-refractivity contribution is 5.70. The highest BCUT2D eigenvalue weighted by atomic mass is 16.5. The fourth-order valence-electron chi connectivity index (χ4n) is 0.860. The van der Waals surface area contributed by atoms with E-state index < -0.39 is 5.97 Å². The maximum absolute atomic E-state index is 10.6. The van der Waals surface area contributed by atoms with Crippen molar-refractivity contribution in [3.63, 3.8) is 0 Å². The number of esters is 1. The van der Waals surface area contributed by atoms with E-state index in [4.69, 9.17) is 0 Å². The minimum absolute atomic E-state index is 0.0446. The fraction of sp³-hybridized carbons (Fsp3) is 0.111. The van der Waals surface area contributed by atoms with Gasteiger partial charge in [-0.2, -0.15) is 0 Å². The number of carbonyl (C=O) groups is 2. The molecule has 0 unspecified atom stereocenters. The van der Waals surface area contributed by atoms with Crippen molar-refractivity contribution in [1.29, 1.82) is 0 Å². The summed E-state index contributed by atoms with van der Waals surface area (Å²) in [6, 6.07) is 3.87. The first-order valence-electron chi connectivity index (χ1n) is 3.75. The first kappa shape index (κ1) is 10.0. The van der Waals surface area contributed by atoms with Gasteiger partial charge in [0.15, 0.2) is 11.5 Å². The molecule has 0 saturated heterocycles. The summed E-state index contributed by atoms with van der Waals surface area (Å²) in [5.41, 5.74) is 0. The van der Waals surface area contributed by atoms with E-state index in [1.807, 2.05) is 0 Å². The Labute approximate surface area is 79.9 Å². The maximum atomic E-state index is 10.6. The Morgan fingerprint density at radius 1 is 1.50 bits per heavy atom. The van der Waals surface area contributed by atoms with Crippen molar-refractivity contribution in [3.8, 4) is 17.2 Å². The topological polar surface area (TPSA) is 72.8 Å². The molecule has 0 fully saturated rings. The molecule has 74 valence electrons. The van der Waals surface area contributed by atoms with Crippen LogP contribution in [0.15, 0.2) is 18.2 Å². The lowest BCUT2D eigenvalue weighted by atomic mass is 10.3. The second-order valence-corrected chi connectivity index (χ2v) is 2.44. The summed E-state index contributed by atoms with van der Waals surface area (Å²) in [6.07, 6.45) is 0. The molecule has 0 atom stereocenters. The van der Waals surface area contributed by atoms with Crippen LogP contribution in [0.25, 0.3) is 0 Å². The van der Waals surface area contributed by atoms with Gasteiger partial charge in [-0.05, 0) is 12.1 Å². The van der Waals surface area contributed by atoms with Gasteiger partial charge in [0.2, 0.25) is 0 Å². The van der Waals surface area contributed by atoms with Crippen LogP contribution < -0.4 is 9.47 Å². The predicted octanol–water partition coefficient (Wildman–Crippen LogP) is 0.853. The van der Waals surface area contributed by atoms with Crippen molar-refractivity contribution in [3.05, 3.63) is 18.2 Å². The van der Waals surface area contributed by atoms with Crippen molar-refractivity contribution in [2.45, 2.75) is 6.92 Å². The molecular formula is C9H8O5. The van der Waals surface area contributed by atoms with Gasteiger partial charge in [-0.25, -0.2) is 0 Å². The van der Waals surface area contributed by atoms with Crippen LogP contribution in [0.4, 0.5) is 0 Å². The average Bonchev–Trinajstić information content (AvgIpc) is 2.10. The largest absolute Gasteiger partial charge is 0.504 e. The van der Waals surface area contributed by atoms with Crippen LogP contribution in [0.5, 0.6) is 17.2 Å². The highest BCUT2D eigenvalue weighted by Crippen LogP contribution is 2.30. The summed E-state index contributed by atoms with van der Waals surface area (Å²) < 4.78 is 9.15. The molecule has 0 bridgehead atoms. The normalized spacial score (nSPS) is 9.21. The third kappa shape index (κ3) is 2.48. The lowest BCUT2D eigenvalue weighted by Crippen LogP contribution is -2.01.